The van der Waals surface area contributed by atoms with Crippen LogP contribution in [0.15, 0.2) is 56.3 Å². The average molecular weight is 447 g/mol. The Balaban J connectivity index is 1.55. The first-order valence-electron chi connectivity index (χ1n) is 8.84. The second kappa shape index (κ2) is 6.98. The maximum atomic E-state index is 12.1. The molecule has 5 rings (SSSR count). The van der Waals surface area contributed by atoms with Crippen LogP contribution in [-0.2, 0) is 15.5 Å². The van der Waals surface area contributed by atoms with E-state index in [0.717, 1.165) is 26.8 Å². The molecule has 6 nitrogen and oxygen atoms in total. The number of halogens is 1. The molecule has 1 saturated heterocycles. The van der Waals surface area contributed by atoms with E-state index in [2.05, 4.69) is 0 Å². The van der Waals surface area contributed by atoms with Gasteiger partial charge in [-0.15, -0.1) is 23.4 Å². The third-order valence-corrected chi connectivity index (χ3v) is 7.96. The van der Waals surface area contributed by atoms with Crippen LogP contribution in [0.3, 0.4) is 0 Å². The number of benzene rings is 2. The molecule has 0 bridgehead atoms. The summed E-state index contributed by atoms with van der Waals surface area (Å²) in [6.07, 6.45) is 0. The van der Waals surface area contributed by atoms with E-state index in [-0.39, 0.29) is 17.0 Å². The molecule has 1 aromatic heterocycles. The van der Waals surface area contributed by atoms with Crippen LogP contribution in [0.25, 0.3) is 21.9 Å². The monoisotopic (exact) mass is 446 g/mol. The van der Waals surface area contributed by atoms with Crippen LogP contribution >= 0.6 is 35.1 Å². The molecule has 2 atom stereocenters. The lowest BCUT2D eigenvalue weighted by atomic mass is 10.1. The Kier molecular flexibility index (Phi) is 4.54. The third-order valence-electron chi connectivity index (χ3n) is 5.11. The van der Waals surface area contributed by atoms with E-state index in [1.807, 2.05) is 36.4 Å². The highest BCUT2D eigenvalue weighted by atomic mass is 35.5. The van der Waals surface area contributed by atoms with Gasteiger partial charge < -0.3 is 15.3 Å². The first kappa shape index (κ1) is 18.9. The van der Waals surface area contributed by atoms with Gasteiger partial charge in [0.05, 0.1) is 5.88 Å². The fourth-order valence-corrected chi connectivity index (χ4v) is 6.37. The number of para-hydroxylation sites is 1. The lowest BCUT2D eigenvalue weighted by Crippen LogP contribution is -2.68. The van der Waals surface area contributed by atoms with Crippen molar-refractivity contribution in [2.24, 2.45) is 5.73 Å². The van der Waals surface area contributed by atoms with Crippen molar-refractivity contribution in [3.05, 3.63) is 52.6 Å². The number of hydrogen-bond acceptors (Lipinski definition) is 6. The minimum absolute atomic E-state index is 0.0274. The van der Waals surface area contributed by atoms with Gasteiger partial charge in [0.2, 0.25) is 5.91 Å². The van der Waals surface area contributed by atoms with Crippen molar-refractivity contribution >= 4 is 68.9 Å². The highest BCUT2D eigenvalue weighted by Gasteiger charge is 2.51. The van der Waals surface area contributed by atoms with E-state index < -0.39 is 12.0 Å². The van der Waals surface area contributed by atoms with Gasteiger partial charge in [-0.1, -0.05) is 30.0 Å². The summed E-state index contributed by atoms with van der Waals surface area (Å²) >= 11 is 8.84. The van der Waals surface area contributed by atoms with Crippen LogP contribution in [0.1, 0.15) is 5.56 Å². The van der Waals surface area contributed by atoms with Crippen molar-refractivity contribution in [2.45, 2.75) is 22.2 Å². The van der Waals surface area contributed by atoms with Gasteiger partial charge in [-0.2, -0.15) is 0 Å². The smallest absolute Gasteiger partial charge is 0.353 e. The van der Waals surface area contributed by atoms with E-state index in [0.29, 0.717) is 22.1 Å². The quantitative estimate of drug-likeness (QED) is 0.462. The standard InChI is InChI=1S/C20H15ClN2O4S2/c21-7-9-2-1-3-12-11-5-4-10(6-13(11)27-17(9)12)29-14-8-28-19-15(22)18(24)23(19)16(14)20(25)26/h1-6,15,19H,7-8,22H2,(H,25,26)/t15-,19+/m1/s1. The Morgan fingerprint density at radius 1 is 1.34 bits per heavy atom. The van der Waals surface area contributed by atoms with E-state index >= 15 is 0 Å². The van der Waals surface area contributed by atoms with E-state index in [9.17, 15) is 14.7 Å². The van der Waals surface area contributed by atoms with Crippen molar-refractivity contribution in [3.8, 4) is 0 Å². The Morgan fingerprint density at radius 3 is 2.93 bits per heavy atom. The van der Waals surface area contributed by atoms with Crippen molar-refractivity contribution in [1.29, 1.82) is 0 Å². The van der Waals surface area contributed by atoms with Gasteiger partial charge >= 0.3 is 5.97 Å². The number of furan rings is 1. The molecular weight excluding hydrogens is 432 g/mol. The molecule has 0 spiro atoms. The van der Waals surface area contributed by atoms with Crippen LogP contribution in [0.2, 0.25) is 0 Å². The maximum absolute atomic E-state index is 12.1. The van der Waals surface area contributed by atoms with Gasteiger partial charge in [0, 0.05) is 31.9 Å². The predicted octanol–water partition coefficient (Wildman–Crippen LogP) is 3.96. The van der Waals surface area contributed by atoms with E-state index in [4.69, 9.17) is 21.8 Å². The summed E-state index contributed by atoms with van der Waals surface area (Å²) in [5.41, 5.74) is 8.23. The zero-order valence-corrected chi connectivity index (χ0v) is 17.3. The first-order valence-corrected chi connectivity index (χ1v) is 11.2. The highest BCUT2D eigenvalue weighted by molar-refractivity contribution is 8.06. The molecular formula is C20H15ClN2O4S2. The topological polar surface area (TPSA) is 96.8 Å². The van der Waals surface area contributed by atoms with Crippen molar-refractivity contribution in [2.75, 3.05) is 5.75 Å². The zero-order valence-electron chi connectivity index (χ0n) is 14.9. The van der Waals surface area contributed by atoms with Crippen molar-refractivity contribution in [1.82, 2.24) is 4.90 Å². The average Bonchev–Trinajstić information content (AvgIpc) is 3.10. The van der Waals surface area contributed by atoms with Gasteiger partial charge in [0.25, 0.3) is 0 Å². The number of fused-ring (bicyclic) bond motifs is 4. The van der Waals surface area contributed by atoms with Crippen LogP contribution in [-0.4, -0.2) is 39.1 Å². The number of carbonyl (C=O) groups is 2. The van der Waals surface area contributed by atoms with E-state index in [1.165, 1.54) is 28.4 Å². The summed E-state index contributed by atoms with van der Waals surface area (Å²) in [6.45, 7) is 0. The Labute approximate surface area is 179 Å². The van der Waals surface area contributed by atoms with Gasteiger partial charge in [0.15, 0.2) is 0 Å². The number of nitrogens with zero attached hydrogens (tertiary/aromatic N) is 1. The summed E-state index contributed by atoms with van der Waals surface area (Å²) < 4.78 is 6.04. The SMILES string of the molecule is N[C@@H]1C(=O)N2C(C(=O)O)=C(Sc3ccc4c(c3)oc3c(CCl)cccc34)CS[C@@H]12. The number of rotatable bonds is 4. The molecule has 1 amide bonds. The number of nitrogens with two attached hydrogens (primary N) is 1. The minimum Gasteiger partial charge on any atom is -0.477 e. The summed E-state index contributed by atoms with van der Waals surface area (Å²) in [6, 6.07) is 11.0. The van der Waals surface area contributed by atoms with Crippen LogP contribution in [0, 0.1) is 0 Å². The molecule has 3 aromatic rings. The second-order valence-corrected chi connectivity index (χ2v) is 9.34. The van der Waals surface area contributed by atoms with Crippen LogP contribution in [0.4, 0.5) is 0 Å². The molecule has 0 aliphatic carbocycles. The summed E-state index contributed by atoms with van der Waals surface area (Å²) in [4.78, 5) is 26.7. The summed E-state index contributed by atoms with van der Waals surface area (Å²) in [5.74, 6) is -0.616. The fraction of sp³-hybridized carbons (Fsp3) is 0.200. The lowest BCUT2D eigenvalue weighted by Gasteiger charge is -2.47. The minimum atomic E-state index is -1.12. The predicted molar refractivity (Wildman–Crippen MR) is 115 cm³/mol. The molecule has 2 aliphatic rings. The number of thioether (sulfide) groups is 2. The molecule has 2 aliphatic heterocycles. The third kappa shape index (κ3) is 2.85. The molecule has 9 heteroatoms. The zero-order chi connectivity index (χ0) is 20.3. The number of aliphatic carboxylic acids is 1. The van der Waals surface area contributed by atoms with Gasteiger partial charge in [-0.05, 0) is 18.2 Å². The lowest BCUT2D eigenvalue weighted by molar-refractivity contribution is -0.147. The molecule has 3 heterocycles. The maximum Gasteiger partial charge on any atom is 0.353 e. The first-order chi connectivity index (χ1) is 14.0. The summed E-state index contributed by atoms with van der Waals surface area (Å²) in [5, 5.41) is 11.4. The molecule has 3 N–H and O–H groups in total. The molecule has 1 fully saturated rings. The number of alkyl halides is 1. The number of carbonyl (C=O) groups excluding carboxylic acids is 1. The van der Waals surface area contributed by atoms with Gasteiger partial charge in [-0.25, -0.2) is 4.79 Å². The number of β-lactam (4-membered cyclic amide) rings is 1. The van der Waals surface area contributed by atoms with Crippen LogP contribution < -0.4 is 5.73 Å². The second-order valence-electron chi connectivity index (χ2n) is 6.80. The molecule has 0 saturated carbocycles. The Morgan fingerprint density at radius 2 is 2.17 bits per heavy atom. The Hall–Kier alpha value is -2.13. The number of carboxylic acids is 1. The largest absolute Gasteiger partial charge is 0.477 e. The molecule has 29 heavy (non-hydrogen) atoms. The Bertz CT molecular complexity index is 1220. The van der Waals surface area contributed by atoms with Gasteiger partial charge in [-0.3, -0.25) is 9.69 Å². The van der Waals surface area contributed by atoms with Gasteiger partial charge in [0.1, 0.15) is 28.3 Å². The van der Waals surface area contributed by atoms with E-state index in [1.54, 1.807) is 0 Å². The highest BCUT2D eigenvalue weighted by Crippen LogP contribution is 2.45. The number of hydrogen-bond donors (Lipinski definition) is 2. The van der Waals surface area contributed by atoms with Crippen molar-refractivity contribution in [3.63, 3.8) is 0 Å². The fourth-order valence-electron chi connectivity index (χ4n) is 3.71. The normalized spacial score (nSPS) is 21.6. The van der Waals surface area contributed by atoms with Crippen LogP contribution in [0.5, 0.6) is 0 Å². The molecule has 0 radical (unpaired) electrons. The summed E-state index contributed by atoms with van der Waals surface area (Å²) in [7, 11) is 0. The molecule has 148 valence electrons. The molecule has 0 unspecified atom stereocenters. The number of amides is 1. The number of carboxylic acid groups (broad SMARTS) is 1. The molecule has 2 aromatic carbocycles. The van der Waals surface area contributed by atoms with Crippen molar-refractivity contribution < 1.29 is 19.1 Å².